The molecule has 0 spiro atoms. The molecule has 0 unspecified atom stereocenters. The first kappa shape index (κ1) is 36.7. The predicted octanol–water partition coefficient (Wildman–Crippen LogP) is 4.64. The molecule has 0 aliphatic rings. The van der Waals surface area contributed by atoms with E-state index in [9.17, 15) is 0 Å². The lowest BCUT2D eigenvalue weighted by molar-refractivity contribution is -0.0221. The van der Waals surface area contributed by atoms with Gasteiger partial charge in [0.2, 0.25) is 0 Å². The van der Waals surface area contributed by atoms with Crippen molar-refractivity contribution in [2.75, 3.05) is 106 Å². The molecule has 0 aromatic heterocycles. The Labute approximate surface area is 242 Å². The predicted molar refractivity (Wildman–Crippen MR) is 157 cm³/mol. The maximum Gasteiger partial charge on any atom is 0.119 e. The van der Waals surface area contributed by atoms with Gasteiger partial charge in [0.25, 0.3) is 0 Å². The average molecular weight is 573 g/mol. The van der Waals surface area contributed by atoms with Crippen LogP contribution in [-0.4, -0.2) is 111 Å². The Morgan fingerprint density at radius 2 is 0.850 bits per heavy atom. The minimum absolute atomic E-state index is 0.0315. The maximum atomic E-state index is 8.58. The highest BCUT2D eigenvalue weighted by molar-refractivity contribution is 5.29. The van der Waals surface area contributed by atoms with E-state index < -0.39 is 0 Å². The van der Waals surface area contributed by atoms with Gasteiger partial charge >= 0.3 is 0 Å². The number of hydrogen-bond acceptors (Lipinski definition) is 9. The summed E-state index contributed by atoms with van der Waals surface area (Å²) >= 11 is 0. The topological polar surface area (TPSA) is 94.1 Å². The van der Waals surface area contributed by atoms with Crippen molar-refractivity contribution in [1.82, 2.24) is 0 Å². The summed E-state index contributed by atoms with van der Waals surface area (Å²) in [4.78, 5) is 0. The van der Waals surface area contributed by atoms with Crippen LogP contribution in [-0.2, 0) is 33.2 Å². The van der Waals surface area contributed by atoms with Gasteiger partial charge < -0.3 is 43.0 Å². The zero-order valence-electron chi connectivity index (χ0n) is 25.2. The zero-order valence-corrected chi connectivity index (χ0v) is 25.2. The van der Waals surface area contributed by atoms with Crippen LogP contribution in [0.4, 0.5) is 0 Å². The van der Waals surface area contributed by atoms with Crippen molar-refractivity contribution in [2.24, 2.45) is 0 Å². The van der Waals surface area contributed by atoms with E-state index in [0.29, 0.717) is 105 Å². The number of aliphatic hydroxyl groups is 1. The fraction of sp³-hybridized carbons (Fsp3) is 0.806. The summed E-state index contributed by atoms with van der Waals surface area (Å²) in [5.41, 5.74) is 1.43. The van der Waals surface area contributed by atoms with Crippen molar-refractivity contribution in [1.29, 1.82) is 0 Å². The van der Waals surface area contributed by atoms with Crippen LogP contribution in [0.25, 0.3) is 0 Å². The Hall–Kier alpha value is -1.30. The Morgan fingerprint density at radius 3 is 1.20 bits per heavy atom. The van der Waals surface area contributed by atoms with Gasteiger partial charge in [-0.05, 0) is 36.5 Å². The van der Waals surface area contributed by atoms with E-state index in [4.69, 9.17) is 43.0 Å². The Kier molecular flexibility index (Phi) is 26.8. The van der Waals surface area contributed by atoms with Crippen LogP contribution in [0.5, 0.6) is 5.75 Å². The minimum atomic E-state index is 0.0315. The van der Waals surface area contributed by atoms with Gasteiger partial charge in [0, 0.05) is 0 Å². The first-order valence-electron chi connectivity index (χ1n) is 15.2. The second kappa shape index (κ2) is 29.2. The largest absolute Gasteiger partial charge is 0.491 e. The second-order valence-electron chi connectivity index (χ2n) is 9.41. The van der Waals surface area contributed by atoms with Crippen molar-refractivity contribution >= 4 is 0 Å². The summed E-state index contributed by atoms with van der Waals surface area (Å²) in [6.45, 7) is 12.1. The van der Waals surface area contributed by atoms with E-state index in [1.807, 2.05) is 0 Å². The molecule has 9 nitrogen and oxygen atoms in total. The van der Waals surface area contributed by atoms with Gasteiger partial charge in [-0.25, -0.2) is 0 Å². The maximum absolute atomic E-state index is 8.58. The van der Waals surface area contributed by atoms with Gasteiger partial charge in [-0.3, -0.25) is 0 Å². The molecule has 0 atom stereocenters. The van der Waals surface area contributed by atoms with Crippen LogP contribution >= 0.6 is 0 Å². The minimum Gasteiger partial charge on any atom is -0.491 e. The molecule has 0 saturated carbocycles. The van der Waals surface area contributed by atoms with Gasteiger partial charge in [-0.2, -0.15) is 0 Å². The van der Waals surface area contributed by atoms with Crippen molar-refractivity contribution < 1.29 is 43.0 Å². The van der Waals surface area contributed by atoms with Crippen LogP contribution < -0.4 is 4.74 Å². The Bertz CT molecular complexity index is 622. The van der Waals surface area contributed by atoms with Crippen LogP contribution in [0.1, 0.15) is 63.9 Å². The van der Waals surface area contributed by atoms with Gasteiger partial charge in [-0.15, -0.1) is 0 Å². The third-order valence-electron chi connectivity index (χ3n) is 6.13. The zero-order chi connectivity index (χ0) is 28.8. The lowest BCUT2D eigenvalue weighted by Gasteiger charge is -2.17. The molecule has 9 heteroatoms. The van der Waals surface area contributed by atoms with Crippen molar-refractivity contribution in [3.63, 3.8) is 0 Å². The molecule has 40 heavy (non-hydrogen) atoms. The molecule has 0 heterocycles. The normalized spacial score (nSPS) is 11.5. The second-order valence-corrected chi connectivity index (χ2v) is 9.41. The number of unbranched alkanes of at least 4 members (excludes halogenated alkanes) is 2. The molecular weight excluding hydrogens is 516 g/mol. The molecule has 0 fully saturated rings. The molecule has 0 aliphatic carbocycles. The highest BCUT2D eigenvalue weighted by atomic mass is 16.6. The monoisotopic (exact) mass is 572 g/mol. The highest BCUT2D eigenvalue weighted by Crippen LogP contribution is 2.29. The average Bonchev–Trinajstić information content (AvgIpc) is 2.98. The fourth-order valence-corrected chi connectivity index (χ4v) is 3.92. The standard InChI is InChI=1S/C31H56O9/c1-3-5-7-29(8-6-4-2)30-9-11-31(12-10-30)40-28-27-39-26-25-38-24-23-37-22-21-36-20-19-35-18-17-34-16-15-33-14-13-32/h9-12,29,32H,3-8,13-28H2,1-2H3. The van der Waals surface area contributed by atoms with E-state index >= 15 is 0 Å². The number of hydrogen-bond donors (Lipinski definition) is 1. The lowest BCUT2D eigenvalue weighted by atomic mass is 9.89. The van der Waals surface area contributed by atoms with Crippen molar-refractivity contribution in [2.45, 2.75) is 58.3 Å². The summed E-state index contributed by atoms with van der Waals surface area (Å²) in [6.07, 6.45) is 7.61. The highest BCUT2D eigenvalue weighted by Gasteiger charge is 2.11. The quantitative estimate of drug-likeness (QED) is 0.128. The Balaban J connectivity index is 1.85. The van der Waals surface area contributed by atoms with Crippen molar-refractivity contribution in [3.05, 3.63) is 29.8 Å². The van der Waals surface area contributed by atoms with Crippen molar-refractivity contribution in [3.8, 4) is 5.75 Å². The molecule has 234 valence electrons. The van der Waals surface area contributed by atoms with Crippen LogP contribution in [0, 0.1) is 0 Å². The molecule has 1 aromatic rings. The summed E-state index contributed by atoms with van der Waals surface area (Å²) < 4.78 is 43.7. The van der Waals surface area contributed by atoms with E-state index in [2.05, 4.69) is 38.1 Å². The first-order valence-corrected chi connectivity index (χ1v) is 15.2. The molecule has 0 aliphatic heterocycles. The summed E-state index contributed by atoms with van der Waals surface area (Å²) in [7, 11) is 0. The fourth-order valence-electron chi connectivity index (χ4n) is 3.92. The van der Waals surface area contributed by atoms with Gasteiger partial charge in [-0.1, -0.05) is 51.7 Å². The number of ether oxygens (including phenoxy) is 8. The first-order chi connectivity index (χ1) is 19.8. The molecule has 1 aromatic carbocycles. The summed E-state index contributed by atoms with van der Waals surface area (Å²) in [5, 5.41) is 8.58. The van der Waals surface area contributed by atoms with Crippen LogP contribution in [0.3, 0.4) is 0 Å². The van der Waals surface area contributed by atoms with E-state index in [-0.39, 0.29) is 6.61 Å². The molecule has 0 saturated heterocycles. The third-order valence-corrected chi connectivity index (χ3v) is 6.13. The van der Waals surface area contributed by atoms with Gasteiger partial charge in [0.15, 0.2) is 0 Å². The molecule has 1 rings (SSSR count). The molecule has 0 bridgehead atoms. The smallest absolute Gasteiger partial charge is 0.119 e. The summed E-state index contributed by atoms with van der Waals surface area (Å²) in [5.74, 6) is 1.55. The van der Waals surface area contributed by atoms with Gasteiger partial charge in [0.1, 0.15) is 12.4 Å². The number of aliphatic hydroxyl groups excluding tert-OH is 1. The van der Waals surface area contributed by atoms with Gasteiger partial charge in [0.05, 0.1) is 99.1 Å². The SMILES string of the molecule is CCCCC(CCCC)c1ccc(OCCOCCOCCOCCOCCOCCOCCOCCO)cc1. The third kappa shape index (κ3) is 22.4. The lowest BCUT2D eigenvalue weighted by Crippen LogP contribution is -2.15. The van der Waals surface area contributed by atoms with E-state index in [0.717, 1.165) is 5.75 Å². The van der Waals surface area contributed by atoms with E-state index in [1.165, 1.54) is 44.1 Å². The number of benzene rings is 1. The molecule has 0 radical (unpaired) electrons. The summed E-state index contributed by atoms with van der Waals surface area (Å²) in [6, 6.07) is 8.62. The van der Waals surface area contributed by atoms with Crippen LogP contribution in [0.2, 0.25) is 0 Å². The number of rotatable bonds is 31. The van der Waals surface area contributed by atoms with E-state index in [1.54, 1.807) is 0 Å². The Morgan fingerprint density at radius 1 is 0.500 bits per heavy atom. The van der Waals surface area contributed by atoms with Crippen LogP contribution in [0.15, 0.2) is 24.3 Å². The molecular formula is C31H56O9. The molecule has 0 amide bonds. The molecule has 1 N–H and O–H groups in total.